The van der Waals surface area contributed by atoms with Gasteiger partial charge in [-0.3, -0.25) is 19.6 Å². The molecule has 0 radical (unpaired) electrons. The van der Waals surface area contributed by atoms with Crippen LogP contribution in [-0.2, 0) is 65.0 Å². The second kappa shape index (κ2) is 14.9. The summed E-state index contributed by atoms with van der Waals surface area (Å²) < 4.78 is 0. The minimum Gasteiger partial charge on any atom is -0.351 e. The number of aryl methyl sites for hydroxylation is 4. The quantitative estimate of drug-likeness (QED) is 0.181. The maximum atomic E-state index is 13.7. The van der Waals surface area contributed by atoms with Gasteiger partial charge in [0.25, 0.3) is 5.91 Å². The normalized spacial score (nSPS) is 18.3. The molecule has 2 aromatic carbocycles. The standard InChI is InChI=1S/C50H45N13O/c51-17-18-52-50(64)27-19-32-25-62-21-28-9-13-34-42(54-28)43-35(47-46(34)58-38-5-1-2-6-39(38)59-47)14-10-29(55-43)22-63(26-33(20-27)53-32)24-31-12-16-37-45(57-31)44-36(15-11-30(23-62)56-44)48-49(37)61-41-8-4-3-7-40(41)60-48/h9-16,19-20H,1-8,17-18,21-26,51H2,(H,52,64). The van der Waals surface area contributed by atoms with Crippen LogP contribution < -0.4 is 11.1 Å². The van der Waals surface area contributed by atoms with Crippen LogP contribution in [0, 0.1) is 0 Å². The summed E-state index contributed by atoms with van der Waals surface area (Å²) in [6.07, 6.45) is 8.25. The molecule has 0 unspecified atom stereocenters. The summed E-state index contributed by atoms with van der Waals surface area (Å²) in [6, 6.07) is 20.9. The van der Waals surface area contributed by atoms with Crippen molar-refractivity contribution in [2.24, 2.45) is 5.73 Å². The van der Waals surface area contributed by atoms with Crippen molar-refractivity contribution in [3.63, 3.8) is 0 Å². The maximum absolute atomic E-state index is 13.7. The minimum atomic E-state index is -0.180. The fourth-order valence-electron chi connectivity index (χ4n) is 10.5. The van der Waals surface area contributed by atoms with Gasteiger partial charge in [-0.1, -0.05) is 0 Å². The number of nitrogens with two attached hydrogens (primary N) is 1. The highest BCUT2D eigenvalue weighted by Gasteiger charge is 2.25. The smallest absolute Gasteiger partial charge is 0.251 e. The van der Waals surface area contributed by atoms with Crippen molar-refractivity contribution >= 4 is 71.6 Å². The van der Waals surface area contributed by atoms with Crippen molar-refractivity contribution in [1.29, 1.82) is 0 Å². The van der Waals surface area contributed by atoms with E-state index in [0.717, 1.165) is 174 Å². The summed E-state index contributed by atoms with van der Waals surface area (Å²) >= 11 is 0. The van der Waals surface area contributed by atoms with Gasteiger partial charge in [0.05, 0.1) is 101 Å². The Bertz CT molecular complexity index is 3060. The average Bonchev–Trinajstić information content (AvgIpc) is 3.32. The first-order chi connectivity index (χ1) is 31.5. The number of hydrogen-bond donors (Lipinski definition) is 2. The Balaban J connectivity index is 1.05. The zero-order chi connectivity index (χ0) is 42.5. The van der Waals surface area contributed by atoms with Crippen molar-refractivity contribution in [2.45, 2.75) is 90.6 Å². The summed E-state index contributed by atoms with van der Waals surface area (Å²) in [4.78, 5) is 66.6. The summed E-state index contributed by atoms with van der Waals surface area (Å²) in [5, 5.41) is 6.81. The number of carbonyl (C=O) groups is 1. The number of benzene rings is 2. The van der Waals surface area contributed by atoms with Gasteiger partial charge in [0.1, 0.15) is 0 Å². The van der Waals surface area contributed by atoms with Gasteiger partial charge in [-0.2, -0.15) is 0 Å². The fraction of sp³-hybridized carbons (Fsp3) is 0.320. The van der Waals surface area contributed by atoms with Gasteiger partial charge in [0.15, 0.2) is 0 Å². The molecule has 13 rings (SSSR count). The Morgan fingerprint density at radius 2 is 0.750 bits per heavy atom. The molecule has 12 bridgehead atoms. The Labute approximate surface area is 367 Å². The predicted octanol–water partition coefficient (Wildman–Crippen LogP) is 6.64. The van der Waals surface area contributed by atoms with E-state index >= 15 is 0 Å². The maximum Gasteiger partial charge on any atom is 0.251 e. The Morgan fingerprint density at radius 1 is 0.438 bits per heavy atom. The number of carbonyl (C=O) groups excluding carboxylic acids is 1. The van der Waals surface area contributed by atoms with Gasteiger partial charge in [-0.25, -0.2) is 39.9 Å². The van der Waals surface area contributed by atoms with Crippen molar-refractivity contribution < 1.29 is 4.79 Å². The van der Waals surface area contributed by atoms with E-state index in [-0.39, 0.29) is 5.91 Å². The SMILES string of the molecule is NCCNC(=O)c1cc2nc(c1)CN1Cc3ccc4c(n3)c3nc(ccc3c3nc5c(nc43)CCCC5)CN(C2)Cc2ccc3c(n2)c2nc(ccc2c2nc4c(nc32)CCCC4)C1. The van der Waals surface area contributed by atoms with E-state index in [1.165, 1.54) is 0 Å². The zero-order valence-electron chi connectivity index (χ0n) is 35.5. The molecule has 0 saturated carbocycles. The van der Waals surface area contributed by atoms with Crippen molar-refractivity contribution in [1.82, 2.24) is 60.0 Å². The van der Waals surface area contributed by atoms with Crippen LogP contribution in [0.1, 0.15) is 93.0 Å². The van der Waals surface area contributed by atoms with Crippen molar-refractivity contribution in [3.05, 3.63) is 123 Å². The van der Waals surface area contributed by atoms with E-state index in [1.54, 1.807) is 0 Å². The lowest BCUT2D eigenvalue weighted by atomic mass is 9.99. The third-order valence-corrected chi connectivity index (χ3v) is 13.5. The number of pyridine rings is 5. The van der Waals surface area contributed by atoms with Gasteiger partial charge < -0.3 is 11.1 Å². The molecule has 3 N–H and O–H groups in total. The first kappa shape index (κ1) is 37.8. The first-order valence-corrected chi connectivity index (χ1v) is 22.7. The van der Waals surface area contributed by atoms with E-state index in [4.69, 9.17) is 50.6 Å². The Kier molecular flexibility index (Phi) is 8.82. The van der Waals surface area contributed by atoms with Crippen LogP contribution >= 0.6 is 0 Å². The van der Waals surface area contributed by atoms with E-state index in [2.05, 4.69) is 63.6 Å². The molecule has 0 spiro atoms. The van der Waals surface area contributed by atoms with Crippen molar-refractivity contribution in [3.8, 4) is 0 Å². The van der Waals surface area contributed by atoms with Crippen LogP contribution in [0.4, 0.5) is 0 Å². The van der Waals surface area contributed by atoms with Gasteiger partial charge in [-0.15, -0.1) is 0 Å². The van der Waals surface area contributed by atoms with Crippen LogP contribution in [0.3, 0.4) is 0 Å². The van der Waals surface area contributed by atoms with Gasteiger partial charge in [0.2, 0.25) is 0 Å². The van der Waals surface area contributed by atoms with Crippen LogP contribution in [0.5, 0.6) is 0 Å². The van der Waals surface area contributed by atoms with E-state index < -0.39 is 0 Å². The molecule has 1 amide bonds. The number of fused-ring (bicyclic) bond motifs is 14. The molecule has 0 saturated heterocycles. The molecule has 9 heterocycles. The second-order valence-corrected chi connectivity index (χ2v) is 18.0. The fourth-order valence-corrected chi connectivity index (χ4v) is 10.5. The molecule has 64 heavy (non-hydrogen) atoms. The second-order valence-electron chi connectivity index (χ2n) is 18.0. The number of nitrogens with one attached hydrogen (secondary N) is 1. The number of nitrogens with zero attached hydrogens (tertiary/aromatic N) is 11. The predicted molar refractivity (Wildman–Crippen MR) is 245 cm³/mol. The number of aromatic nitrogens is 9. The minimum absolute atomic E-state index is 0.180. The first-order valence-electron chi connectivity index (χ1n) is 22.7. The van der Waals surface area contributed by atoms with E-state index in [0.29, 0.717) is 57.9 Å². The van der Waals surface area contributed by atoms with Gasteiger partial charge >= 0.3 is 0 Å². The topological polar surface area (TPSA) is 178 Å². The monoisotopic (exact) mass is 843 g/mol. The largest absolute Gasteiger partial charge is 0.351 e. The number of hydrogen-bond acceptors (Lipinski definition) is 13. The van der Waals surface area contributed by atoms with Crippen LogP contribution in [0.15, 0.2) is 60.7 Å². The summed E-state index contributed by atoms with van der Waals surface area (Å²) in [7, 11) is 0. The molecule has 4 aliphatic rings. The lowest BCUT2D eigenvalue weighted by Gasteiger charge is -2.23. The van der Waals surface area contributed by atoms with Crippen LogP contribution in [-0.4, -0.2) is 73.7 Å². The average molecular weight is 844 g/mol. The lowest BCUT2D eigenvalue weighted by molar-refractivity contribution is 0.0954. The molecule has 0 atom stereocenters. The van der Waals surface area contributed by atoms with E-state index in [9.17, 15) is 4.79 Å². The van der Waals surface area contributed by atoms with Crippen LogP contribution in [0.2, 0.25) is 0 Å². The highest BCUT2D eigenvalue weighted by Crippen LogP contribution is 2.37. The number of amides is 1. The molecular weight excluding hydrogens is 799 g/mol. The molecule has 14 heteroatoms. The molecule has 316 valence electrons. The van der Waals surface area contributed by atoms with Crippen molar-refractivity contribution in [2.75, 3.05) is 13.1 Å². The summed E-state index contributed by atoms with van der Waals surface area (Å²) in [5.41, 5.74) is 22.6. The molecule has 7 aromatic heterocycles. The van der Waals surface area contributed by atoms with Gasteiger partial charge in [0, 0.05) is 79.5 Å². The third-order valence-electron chi connectivity index (χ3n) is 13.5. The Morgan fingerprint density at radius 3 is 1.08 bits per heavy atom. The summed E-state index contributed by atoms with van der Waals surface area (Å²) in [6.45, 7) is 3.54. The van der Waals surface area contributed by atoms with Crippen LogP contribution in [0.25, 0.3) is 65.7 Å². The third kappa shape index (κ3) is 6.41. The van der Waals surface area contributed by atoms with Gasteiger partial charge in [-0.05, 0) is 112 Å². The van der Waals surface area contributed by atoms with E-state index in [1.807, 2.05) is 12.1 Å². The molecule has 2 aliphatic heterocycles. The molecule has 9 aromatic rings. The zero-order valence-corrected chi connectivity index (χ0v) is 35.5. The number of rotatable bonds is 3. The molecule has 14 nitrogen and oxygen atoms in total. The lowest BCUT2D eigenvalue weighted by Crippen LogP contribution is -2.30. The highest BCUT2D eigenvalue weighted by molar-refractivity contribution is 6.21. The summed E-state index contributed by atoms with van der Waals surface area (Å²) in [5.74, 6) is -0.180. The highest BCUT2D eigenvalue weighted by atomic mass is 16.1. The molecule has 0 fully saturated rings. The Hall–Kier alpha value is -6.74. The molecule has 2 aliphatic carbocycles. The molecular formula is C50H45N13O.